The molecule has 3 aromatic rings. The fourth-order valence-corrected chi connectivity index (χ4v) is 7.11. The van der Waals surface area contributed by atoms with Crippen LogP contribution in [0.1, 0.15) is 77.0 Å². The second-order valence-electron chi connectivity index (χ2n) is 14.3. The van der Waals surface area contributed by atoms with Crippen molar-refractivity contribution < 1.29 is 38.2 Å². The quantitative estimate of drug-likeness (QED) is 0.147. The first-order valence-electron chi connectivity index (χ1n) is 17.5. The molecule has 0 bridgehead atoms. The van der Waals surface area contributed by atoms with Gasteiger partial charge in [0.15, 0.2) is 6.10 Å². The second-order valence-corrected chi connectivity index (χ2v) is 14.3. The van der Waals surface area contributed by atoms with E-state index in [-0.39, 0.29) is 41.6 Å². The first-order chi connectivity index (χ1) is 24.2. The number of hydrogen-bond acceptors (Lipinski definition) is 6. The molecule has 0 unspecified atom stereocenters. The molecule has 3 amide bonds. The molecule has 1 fully saturated rings. The van der Waals surface area contributed by atoms with Gasteiger partial charge < -0.3 is 31.0 Å². The Labute approximate surface area is 298 Å². The van der Waals surface area contributed by atoms with Gasteiger partial charge in [-0.05, 0) is 84.7 Å². The number of hydrogen-bond donors (Lipinski definition) is 5. The topological polar surface area (TPSA) is 145 Å². The molecule has 0 aromatic heterocycles. The molecule has 0 saturated heterocycles. The number of nitrogens with one attached hydrogen (secondary N) is 3. The largest absolute Gasteiger partial charge is 0.390 e. The number of Topliss-reactive ketones (excluding diaryl/α,β-unsaturated/α-hetero) is 1. The summed E-state index contributed by atoms with van der Waals surface area (Å²) in [5, 5.41) is 30.9. The number of carbonyl (C=O) groups excluding carboxylic acids is 4. The van der Waals surface area contributed by atoms with Crippen LogP contribution in [0.2, 0.25) is 0 Å². The zero-order valence-electron chi connectivity index (χ0n) is 29.6. The average Bonchev–Trinajstić information content (AvgIpc) is 3.05. The van der Waals surface area contributed by atoms with Crippen LogP contribution in [0.4, 0.5) is 8.78 Å². The Kier molecular flexibility index (Phi) is 14.0. The third-order valence-electron chi connectivity index (χ3n) is 9.38. The van der Waals surface area contributed by atoms with Crippen LogP contribution in [0.25, 0.3) is 11.1 Å². The summed E-state index contributed by atoms with van der Waals surface area (Å²) in [6, 6.07) is 16.4. The predicted molar refractivity (Wildman–Crippen MR) is 190 cm³/mol. The van der Waals surface area contributed by atoms with Crippen molar-refractivity contribution in [1.29, 1.82) is 0 Å². The van der Waals surface area contributed by atoms with Gasteiger partial charge >= 0.3 is 0 Å². The Morgan fingerprint density at radius 1 is 0.843 bits per heavy atom. The molecule has 4 rings (SSSR count). The average molecular weight is 706 g/mol. The number of benzene rings is 3. The lowest BCUT2D eigenvalue weighted by atomic mass is 9.77. The van der Waals surface area contributed by atoms with Gasteiger partial charge in [-0.25, -0.2) is 8.78 Å². The summed E-state index contributed by atoms with van der Waals surface area (Å²) in [5.74, 6) is -3.38. The molecular formula is C40H49F2N3O6. The zero-order chi connectivity index (χ0) is 37.2. The van der Waals surface area contributed by atoms with Crippen molar-refractivity contribution in [2.75, 3.05) is 0 Å². The predicted octanol–water partition coefficient (Wildman–Crippen LogP) is 5.18. The summed E-state index contributed by atoms with van der Waals surface area (Å²) in [6.45, 7) is 7.20. The van der Waals surface area contributed by atoms with E-state index in [2.05, 4.69) is 22.9 Å². The van der Waals surface area contributed by atoms with Crippen LogP contribution in [0, 0.1) is 29.4 Å². The molecule has 51 heavy (non-hydrogen) atoms. The van der Waals surface area contributed by atoms with Crippen LogP contribution in [-0.2, 0) is 25.6 Å². The minimum absolute atomic E-state index is 0.105. The third kappa shape index (κ3) is 11.5. The van der Waals surface area contributed by atoms with E-state index in [1.165, 1.54) is 0 Å². The lowest BCUT2D eigenvalue weighted by Crippen LogP contribution is -2.54. The Morgan fingerprint density at radius 2 is 1.49 bits per heavy atom. The summed E-state index contributed by atoms with van der Waals surface area (Å²) >= 11 is 0. The van der Waals surface area contributed by atoms with E-state index in [4.69, 9.17) is 0 Å². The van der Waals surface area contributed by atoms with Crippen LogP contribution in [0.3, 0.4) is 0 Å². The van der Waals surface area contributed by atoms with E-state index in [1.807, 2.05) is 30.3 Å². The van der Waals surface area contributed by atoms with Gasteiger partial charge in [0.25, 0.3) is 5.91 Å². The van der Waals surface area contributed by atoms with Crippen molar-refractivity contribution in [3.63, 3.8) is 0 Å². The zero-order valence-corrected chi connectivity index (χ0v) is 29.6. The number of rotatable bonds is 15. The highest BCUT2D eigenvalue weighted by molar-refractivity contribution is 5.88. The lowest BCUT2D eigenvalue weighted by molar-refractivity contribution is -0.133. The molecule has 1 saturated carbocycles. The van der Waals surface area contributed by atoms with Crippen molar-refractivity contribution in [2.45, 2.75) is 96.6 Å². The smallest absolute Gasteiger partial charge is 0.253 e. The summed E-state index contributed by atoms with van der Waals surface area (Å²) in [7, 11) is 0. The highest BCUT2D eigenvalue weighted by Gasteiger charge is 2.33. The Hall–Kier alpha value is -4.48. The maximum Gasteiger partial charge on any atom is 0.253 e. The van der Waals surface area contributed by atoms with Crippen molar-refractivity contribution in [3.05, 3.63) is 95.6 Å². The highest BCUT2D eigenvalue weighted by Crippen LogP contribution is 2.32. The molecule has 0 radical (unpaired) electrons. The monoisotopic (exact) mass is 705 g/mol. The second kappa shape index (κ2) is 18.1. The minimum atomic E-state index is -1.68. The Balaban J connectivity index is 1.48. The molecule has 9 nitrogen and oxygen atoms in total. The first kappa shape index (κ1) is 39.3. The van der Waals surface area contributed by atoms with E-state index >= 15 is 0 Å². The number of halogens is 2. The van der Waals surface area contributed by atoms with Gasteiger partial charge in [0.1, 0.15) is 23.5 Å². The van der Waals surface area contributed by atoms with Crippen LogP contribution in [0.15, 0.2) is 72.8 Å². The van der Waals surface area contributed by atoms with E-state index in [9.17, 15) is 38.2 Å². The van der Waals surface area contributed by atoms with Crippen LogP contribution in [-0.4, -0.2) is 57.9 Å². The fourth-order valence-electron chi connectivity index (χ4n) is 7.11. The molecule has 274 valence electrons. The van der Waals surface area contributed by atoms with Gasteiger partial charge in [-0.15, -0.1) is 0 Å². The van der Waals surface area contributed by atoms with Crippen molar-refractivity contribution >= 4 is 23.5 Å². The molecule has 7 atom stereocenters. The summed E-state index contributed by atoms with van der Waals surface area (Å²) in [4.78, 5) is 52.0. The van der Waals surface area contributed by atoms with Crippen molar-refractivity contribution in [1.82, 2.24) is 16.0 Å². The van der Waals surface area contributed by atoms with E-state index < -0.39 is 54.2 Å². The Morgan fingerprint density at radius 3 is 2.14 bits per heavy atom. The van der Waals surface area contributed by atoms with Gasteiger partial charge in [0, 0.05) is 18.5 Å². The molecule has 0 heterocycles. The number of aliphatic hydroxyl groups excluding tert-OH is 2. The minimum Gasteiger partial charge on any atom is -0.390 e. The van der Waals surface area contributed by atoms with E-state index in [0.717, 1.165) is 30.5 Å². The molecule has 1 aliphatic carbocycles. The van der Waals surface area contributed by atoms with Crippen LogP contribution < -0.4 is 16.0 Å². The van der Waals surface area contributed by atoms with Gasteiger partial charge in [-0.1, -0.05) is 75.4 Å². The molecule has 3 aromatic carbocycles. The van der Waals surface area contributed by atoms with Gasteiger partial charge in [0.2, 0.25) is 11.8 Å². The highest BCUT2D eigenvalue weighted by atomic mass is 19.1. The first-order valence-corrected chi connectivity index (χ1v) is 17.5. The number of aliphatic hydroxyl groups is 2. The van der Waals surface area contributed by atoms with Gasteiger partial charge in [-0.3, -0.25) is 14.4 Å². The molecule has 11 heteroatoms. The van der Waals surface area contributed by atoms with Gasteiger partial charge in [0.05, 0.1) is 18.6 Å². The maximum atomic E-state index is 14.1. The standard InChI is InChI=1S/C40H49F2N3O6/c1-23(2)37(39(50)43-31-15-24(3)14-26(19-31)16-25(4)46)45-36(48)22-35(47)34(20-27-17-29(41)21-30(42)18-27)44-40(51)38(49)33-13-9-8-12-32(33)28-10-6-5-7-11-28/h5-13,17-18,21,23-24,26,31,34-35,37-38,47,49H,14-16,19-20,22H2,1-4H3,(H,43,50)(H,44,51)(H,45,48)/t24-,26-,31-,34-,35-,37-,38+/m0/s1. The van der Waals surface area contributed by atoms with Crippen LogP contribution >= 0.6 is 0 Å². The Bertz CT molecular complexity index is 1650. The number of carbonyl (C=O) groups is 4. The summed E-state index contributed by atoms with van der Waals surface area (Å²) < 4.78 is 28.2. The van der Waals surface area contributed by atoms with E-state index in [0.29, 0.717) is 36.0 Å². The number of amides is 3. The maximum absolute atomic E-state index is 14.1. The third-order valence-corrected chi connectivity index (χ3v) is 9.38. The van der Waals surface area contributed by atoms with Crippen molar-refractivity contribution in [2.24, 2.45) is 17.8 Å². The lowest BCUT2D eigenvalue weighted by Gasteiger charge is -2.35. The summed E-state index contributed by atoms with van der Waals surface area (Å²) in [5.41, 5.74) is 1.79. The molecule has 5 N–H and O–H groups in total. The van der Waals surface area contributed by atoms with Crippen molar-refractivity contribution in [3.8, 4) is 11.1 Å². The SMILES string of the molecule is CC(=O)C[C@@H]1C[C@H](C)C[C@H](NC(=O)[C@@H](NC(=O)C[C@H](O)[C@H](Cc2cc(F)cc(F)c2)NC(=O)[C@H](O)c2ccccc2-c2ccccc2)C(C)C)C1. The molecule has 1 aliphatic rings. The number of ketones is 1. The van der Waals surface area contributed by atoms with Crippen LogP contribution in [0.5, 0.6) is 0 Å². The van der Waals surface area contributed by atoms with Gasteiger partial charge in [-0.2, -0.15) is 0 Å². The normalized spacial score (nSPS) is 19.7. The summed E-state index contributed by atoms with van der Waals surface area (Å²) in [6.07, 6.45) is -1.30. The fraction of sp³-hybridized carbons (Fsp3) is 0.450. The molecule has 0 aliphatic heterocycles. The molecule has 0 spiro atoms. The van der Waals surface area contributed by atoms with E-state index in [1.54, 1.807) is 45.0 Å². The molecular weight excluding hydrogens is 656 g/mol.